The molecule has 2 amide bonds. The number of amides is 2. The van der Waals surface area contributed by atoms with Crippen LogP contribution in [0.1, 0.15) is 36.5 Å². The van der Waals surface area contributed by atoms with Crippen LogP contribution in [0.15, 0.2) is 18.2 Å². The molecule has 1 aliphatic rings. The predicted molar refractivity (Wildman–Crippen MR) is 119 cm³/mol. The number of nitrogens with two attached hydrogens (primary N) is 1. The Morgan fingerprint density at radius 1 is 1.15 bits per heavy atom. The Hall–Kier alpha value is -3.83. The van der Waals surface area contributed by atoms with Crippen LogP contribution < -0.4 is 31.2 Å². The number of rotatable bonds is 10. The highest BCUT2D eigenvalue weighted by atomic mass is 19.1. The molecule has 0 aromatic carbocycles. The Balaban J connectivity index is 1.96. The molecule has 0 unspecified atom stereocenters. The van der Waals surface area contributed by atoms with E-state index in [1.165, 1.54) is 14.2 Å². The van der Waals surface area contributed by atoms with Crippen molar-refractivity contribution in [3.63, 3.8) is 0 Å². The lowest BCUT2D eigenvalue weighted by Crippen LogP contribution is -2.50. The topological polar surface area (TPSA) is 161 Å². The predicted octanol–water partition coefficient (Wildman–Crippen LogP) is 2.71. The normalized spacial score (nSPS) is 15.0. The molecular weight excluding hydrogens is 435 g/mol. The van der Waals surface area contributed by atoms with Gasteiger partial charge in [0.2, 0.25) is 11.8 Å². The van der Waals surface area contributed by atoms with E-state index in [0.717, 1.165) is 25.3 Å². The maximum atomic E-state index is 14.9. The SMILES string of the molecule is COc1cc(Nc2nc(N[C@H](C3CCC3)[C@H](C)NC(=O)O)c(F)cc2C(N)=O)cc(OC)n1. The highest BCUT2D eigenvalue weighted by Gasteiger charge is 2.33. The van der Waals surface area contributed by atoms with Gasteiger partial charge in [-0.1, -0.05) is 6.42 Å². The summed E-state index contributed by atoms with van der Waals surface area (Å²) in [4.78, 5) is 31.4. The van der Waals surface area contributed by atoms with Gasteiger partial charge in [0, 0.05) is 18.2 Å². The summed E-state index contributed by atoms with van der Waals surface area (Å²) in [7, 11) is 2.87. The van der Waals surface area contributed by atoms with Crippen molar-refractivity contribution < 1.29 is 28.6 Å². The van der Waals surface area contributed by atoms with Gasteiger partial charge in [0.15, 0.2) is 11.6 Å². The van der Waals surface area contributed by atoms with Crippen molar-refractivity contribution in [3.05, 3.63) is 29.6 Å². The van der Waals surface area contributed by atoms with Gasteiger partial charge in [0.25, 0.3) is 5.91 Å². The third-order valence-electron chi connectivity index (χ3n) is 5.55. The highest BCUT2D eigenvalue weighted by molar-refractivity contribution is 5.98. The Morgan fingerprint density at radius 2 is 1.79 bits per heavy atom. The minimum absolute atomic E-state index is 0.00733. The summed E-state index contributed by atoms with van der Waals surface area (Å²) in [5.41, 5.74) is 5.70. The van der Waals surface area contributed by atoms with Crippen LogP contribution in [0.2, 0.25) is 0 Å². The van der Waals surface area contributed by atoms with E-state index >= 15 is 0 Å². The van der Waals surface area contributed by atoms with E-state index in [0.29, 0.717) is 5.69 Å². The van der Waals surface area contributed by atoms with Crippen LogP contribution in [0.5, 0.6) is 11.8 Å². The van der Waals surface area contributed by atoms with Gasteiger partial charge in [-0.15, -0.1) is 0 Å². The average Bonchev–Trinajstić information content (AvgIpc) is 2.72. The van der Waals surface area contributed by atoms with E-state index < -0.39 is 29.9 Å². The van der Waals surface area contributed by atoms with Crippen LogP contribution in [0.4, 0.5) is 26.5 Å². The van der Waals surface area contributed by atoms with Crippen molar-refractivity contribution >= 4 is 29.3 Å². The van der Waals surface area contributed by atoms with Gasteiger partial charge in [-0.3, -0.25) is 4.79 Å². The summed E-state index contributed by atoms with van der Waals surface area (Å²) < 4.78 is 25.2. The number of hydrogen-bond acceptors (Lipinski definition) is 8. The Labute approximate surface area is 189 Å². The second kappa shape index (κ2) is 10.2. The molecular formula is C21H27FN6O5. The zero-order chi connectivity index (χ0) is 24.1. The van der Waals surface area contributed by atoms with Crippen LogP contribution in [-0.4, -0.2) is 53.4 Å². The van der Waals surface area contributed by atoms with Crippen LogP contribution >= 0.6 is 0 Å². The highest BCUT2D eigenvalue weighted by Crippen LogP contribution is 2.34. The van der Waals surface area contributed by atoms with Crippen LogP contribution in [-0.2, 0) is 0 Å². The molecule has 2 heterocycles. The molecule has 0 spiro atoms. The van der Waals surface area contributed by atoms with E-state index in [1.807, 2.05) is 0 Å². The van der Waals surface area contributed by atoms with E-state index in [-0.39, 0.29) is 34.9 Å². The number of nitrogens with one attached hydrogen (secondary N) is 3. The first-order valence-corrected chi connectivity index (χ1v) is 10.3. The van der Waals surface area contributed by atoms with Crippen molar-refractivity contribution in [1.29, 1.82) is 0 Å². The zero-order valence-corrected chi connectivity index (χ0v) is 18.5. The molecule has 2 aromatic heterocycles. The van der Waals surface area contributed by atoms with Gasteiger partial charge in [0.1, 0.15) is 5.82 Å². The van der Waals surface area contributed by atoms with Crippen molar-refractivity contribution in [2.75, 3.05) is 24.9 Å². The molecule has 0 bridgehead atoms. The molecule has 11 nitrogen and oxygen atoms in total. The number of ether oxygens (including phenoxy) is 2. The molecule has 1 fully saturated rings. The second-order valence-corrected chi connectivity index (χ2v) is 7.74. The quantitative estimate of drug-likeness (QED) is 0.357. The van der Waals surface area contributed by atoms with Gasteiger partial charge in [-0.25, -0.2) is 14.2 Å². The van der Waals surface area contributed by atoms with Gasteiger partial charge in [-0.05, 0) is 31.7 Å². The monoisotopic (exact) mass is 462 g/mol. The molecule has 6 N–H and O–H groups in total. The molecule has 2 aromatic rings. The first kappa shape index (κ1) is 23.8. The zero-order valence-electron chi connectivity index (χ0n) is 18.5. The maximum Gasteiger partial charge on any atom is 0.404 e. The number of anilines is 3. The number of carbonyl (C=O) groups is 2. The van der Waals surface area contributed by atoms with Crippen molar-refractivity contribution in [2.24, 2.45) is 11.7 Å². The number of methoxy groups -OCH3 is 2. The van der Waals surface area contributed by atoms with Crippen molar-refractivity contribution in [3.8, 4) is 11.8 Å². The maximum absolute atomic E-state index is 14.9. The lowest BCUT2D eigenvalue weighted by atomic mass is 9.77. The first-order chi connectivity index (χ1) is 15.7. The fourth-order valence-electron chi connectivity index (χ4n) is 3.66. The summed E-state index contributed by atoms with van der Waals surface area (Å²) in [5.74, 6) is -1.15. The number of nitrogens with zero attached hydrogens (tertiary/aromatic N) is 2. The summed E-state index contributed by atoms with van der Waals surface area (Å²) in [6, 6.07) is 3.17. The lowest BCUT2D eigenvalue weighted by molar-refractivity contribution is 0.1000. The molecule has 33 heavy (non-hydrogen) atoms. The fourth-order valence-corrected chi connectivity index (χ4v) is 3.66. The molecule has 3 rings (SSSR count). The van der Waals surface area contributed by atoms with Gasteiger partial charge >= 0.3 is 6.09 Å². The van der Waals surface area contributed by atoms with Gasteiger partial charge in [-0.2, -0.15) is 4.98 Å². The van der Waals surface area contributed by atoms with Crippen molar-refractivity contribution in [1.82, 2.24) is 15.3 Å². The molecule has 0 radical (unpaired) electrons. The Kier molecular flexibility index (Phi) is 7.36. The minimum atomic E-state index is -1.17. The third kappa shape index (κ3) is 5.70. The molecule has 0 saturated heterocycles. The van der Waals surface area contributed by atoms with Gasteiger partial charge in [0.05, 0.1) is 31.5 Å². The van der Waals surface area contributed by atoms with E-state index in [1.54, 1.807) is 19.1 Å². The van der Waals surface area contributed by atoms with Crippen molar-refractivity contribution in [2.45, 2.75) is 38.3 Å². The third-order valence-corrected chi connectivity index (χ3v) is 5.55. The van der Waals surface area contributed by atoms with Crippen LogP contribution in [0, 0.1) is 11.7 Å². The summed E-state index contributed by atoms with van der Waals surface area (Å²) in [5, 5.41) is 17.5. The smallest absolute Gasteiger partial charge is 0.404 e. The number of carboxylic acid groups (broad SMARTS) is 1. The number of halogens is 1. The number of hydrogen-bond donors (Lipinski definition) is 5. The molecule has 1 saturated carbocycles. The summed E-state index contributed by atoms with van der Waals surface area (Å²) in [6.07, 6.45) is 1.60. The summed E-state index contributed by atoms with van der Waals surface area (Å²) in [6.45, 7) is 1.70. The molecule has 2 atom stereocenters. The molecule has 178 valence electrons. The number of carbonyl (C=O) groups excluding carboxylic acids is 1. The van der Waals surface area contributed by atoms with E-state index in [4.69, 9.17) is 20.3 Å². The average molecular weight is 462 g/mol. The lowest BCUT2D eigenvalue weighted by Gasteiger charge is -2.38. The number of pyridine rings is 2. The Morgan fingerprint density at radius 3 is 2.27 bits per heavy atom. The Bertz CT molecular complexity index is 1010. The van der Waals surface area contributed by atoms with E-state index in [9.17, 15) is 14.0 Å². The summed E-state index contributed by atoms with van der Waals surface area (Å²) >= 11 is 0. The number of aromatic nitrogens is 2. The van der Waals surface area contributed by atoms with E-state index in [2.05, 4.69) is 25.9 Å². The second-order valence-electron chi connectivity index (χ2n) is 7.74. The minimum Gasteiger partial charge on any atom is -0.481 e. The molecule has 1 aliphatic carbocycles. The first-order valence-electron chi connectivity index (χ1n) is 10.3. The fraction of sp³-hybridized carbons (Fsp3) is 0.429. The molecule has 12 heteroatoms. The van der Waals surface area contributed by atoms with Gasteiger partial charge < -0.3 is 36.3 Å². The van der Waals surface area contributed by atoms with Crippen LogP contribution in [0.25, 0.3) is 0 Å². The van der Waals surface area contributed by atoms with Crippen LogP contribution in [0.3, 0.4) is 0 Å². The standard InChI is InChI=1S/C21H27FN6O5/c1-10(24-21(30)31)17(11-5-4-6-11)27-20-14(22)9-13(18(23)29)19(28-20)25-12-7-15(32-2)26-16(8-12)33-3/h7-11,17,24H,4-6H2,1-3H3,(H2,23,29)(H,30,31)(H2,25,26,27,28)/t10-,17-/m0/s1. The molecule has 0 aliphatic heterocycles. The largest absolute Gasteiger partial charge is 0.481 e. The number of primary amides is 1.